The highest BCUT2D eigenvalue weighted by Crippen LogP contribution is 2.13. The van der Waals surface area contributed by atoms with Crippen LogP contribution in [0.3, 0.4) is 0 Å². The van der Waals surface area contributed by atoms with Gasteiger partial charge in [0, 0.05) is 25.5 Å². The Balaban J connectivity index is 1.96. The maximum absolute atomic E-state index is 4.45. The Hall–Kier alpha value is -1.62. The molecule has 0 atom stereocenters. The Morgan fingerprint density at radius 1 is 1.41 bits per heavy atom. The molecule has 0 bridgehead atoms. The highest BCUT2D eigenvalue weighted by Gasteiger charge is 2.04. The van der Waals surface area contributed by atoms with Gasteiger partial charge in [0.05, 0.1) is 12.4 Å². The van der Waals surface area contributed by atoms with Gasteiger partial charge in [-0.15, -0.1) is 11.3 Å². The molecule has 17 heavy (non-hydrogen) atoms. The highest BCUT2D eigenvalue weighted by molar-refractivity contribution is 7.09. The first-order valence-electron chi connectivity index (χ1n) is 5.53. The number of aromatic nitrogens is 2. The highest BCUT2D eigenvalue weighted by atomic mass is 32.1. The van der Waals surface area contributed by atoms with E-state index in [2.05, 4.69) is 37.7 Å². The third-order valence-electron chi connectivity index (χ3n) is 2.54. The Labute approximate surface area is 105 Å². The fourth-order valence-electron chi connectivity index (χ4n) is 1.51. The van der Waals surface area contributed by atoms with Crippen LogP contribution >= 0.6 is 11.3 Å². The van der Waals surface area contributed by atoms with Gasteiger partial charge in [0.1, 0.15) is 11.6 Å². The lowest BCUT2D eigenvalue weighted by Crippen LogP contribution is -2.21. The first kappa shape index (κ1) is 11.9. The zero-order chi connectivity index (χ0) is 12.1. The maximum atomic E-state index is 4.45. The summed E-state index contributed by atoms with van der Waals surface area (Å²) in [7, 11) is 3.89. The molecule has 0 saturated carbocycles. The molecule has 0 radical (unpaired) electrons. The van der Waals surface area contributed by atoms with E-state index in [4.69, 9.17) is 0 Å². The monoisotopic (exact) mass is 248 g/mol. The Kier molecular flexibility index (Phi) is 3.93. The van der Waals surface area contributed by atoms with E-state index in [-0.39, 0.29) is 0 Å². The molecule has 90 valence electrons. The van der Waals surface area contributed by atoms with Gasteiger partial charge in [-0.05, 0) is 17.9 Å². The minimum Gasteiger partial charge on any atom is -0.372 e. The zero-order valence-corrected chi connectivity index (χ0v) is 10.9. The van der Waals surface area contributed by atoms with Crippen molar-refractivity contribution in [1.29, 1.82) is 0 Å². The normalized spacial score (nSPS) is 10.2. The molecule has 0 amide bonds. The lowest BCUT2D eigenvalue weighted by Gasteiger charge is -2.17. The topological polar surface area (TPSA) is 41.1 Å². The molecule has 2 heterocycles. The molecule has 0 aliphatic rings. The van der Waals surface area contributed by atoms with Crippen LogP contribution in [0.2, 0.25) is 0 Å². The van der Waals surface area contributed by atoms with Crippen LogP contribution in [0.15, 0.2) is 29.9 Å². The lowest BCUT2D eigenvalue weighted by molar-refractivity contribution is 0.864. The second-order valence-corrected chi connectivity index (χ2v) is 4.80. The molecule has 0 aliphatic heterocycles. The second kappa shape index (κ2) is 5.63. The summed E-state index contributed by atoms with van der Waals surface area (Å²) in [5, 5.41) is 5.10. The molecular weight excluding hydrogens is 232 g/mol. The standard InChI is InChI=1S/C12H16N4S/c1-13-11-8-14-9-12(15-11)16(2)6-5-10-4-3-7-17-10/h3-4,7-9H,5-6H2,1-2H3,(H,13,15). The SMILES string of the molecule is CNc1cncc(N(C)CCc2cccs2)n1. The Morgan fingerprint density at radius 3 is 3.00 bits per heavy atom. The molecule has 2 aromatic heterocycles. The van der Waals surface area contributed by atoms with E-state index in [1.54, 1.807) is 23.7 Å². The van der Waals surface area contributed by atoms with E-state index in [1.807, 2.05) is 14.1 Å². The molecule has 0 aliphatic carbocycles. The molecule has 2 rings (SSSR count). The van der Waals surface area contributed by atoms with E-state index < -0.39 is 0 Å². The van der Waals surface area contributed by atoms with Gasteiger partial charge in [0.2, 0.25) is 0 Å². The molecule has 0 unspecified atom stereocenters. The van der Waals surface area contributed by atoms with Gasteiger partial charge >= 0.3 is 0 Å². The van der Waals surface area contributed by atoms with Crippen LogP contribution in [0, 0.1) is 0 Å². The van der Waals surface area contributed by atoms with E-state index >= 15 is 0 Å². The van der Waals surface area contributed by atoms with E-state index in [0.29, 0.717) is 0 Å². The molecular formula is C12H16N4S. The lowest BCUT2D eigenvalue weighted by atomic mass is 10.3. The number of nitrogens with zero attached hydrogens (tertiary/aromatic N) is 3. The minimum atomic E-state index is 0.797. The minimum absolute atomic E-state index is 0.797. The fourth-order valence-corrected chi connectivity index (χ4v) is 2.21. The summed E-state index contributed by atoms with van der Waals surface area (Å²) in [6.45, 7) is 0.947. The van der Waals surface area contributed by atoms with Gasteiger partial charge in [0.15, 0.2) is 0 Å². The summed E-state index contributed by atoms with van der Waals surface area (Å²) in [6, 6.07) is 4.25. The number of rotatable bonds is 5. The average molecular weight is 248 g/mol. The van der Waals surface area contributed by atoms with E-state index in [1.165, 1.54) is 4.88 Å². The zero-order valence-electron chi connectivity index (χ0n) is 10.1. The van der Waals surface area contributed by atoms with Crippen molar-refractivity contribution in [3.05, 3.63) is 34.8 Å². The summed E-state index contributed by atoms with van der Waals surface area (Å²) in [5.74, 6) is 1.69. The van der Waals surface area contributed by atoms with Crippen LogP contribution in [0.5, 0.6) is 0 Å². The van der Waals surface area contributed by atoms with Crippen LogP contribution in [0.4, 0.5) is 11.6 Å². The maximum Gasteiger partial charge on any atom is 0.149 e. The number of hydrogen-bond donors (Lipinski definition) is 1. The van der Waals surface area contributed by atoms with Crippen LogP contribution in [0.1, 0.15) is 4.88 Å². The van der Waals surface area contributed by atoms with Gasteiger partial charge < -0.3 is 10.2 Å². The number of anilines is 2. The molecule has 4 nitrogen and oxygen atoms in total. The Morgan fingerprint density at radius 2 is 2.29 bits per heavy atom. The summed E-state index contributed by atoms with van der Waals surface area (Å²) < 4.78 is 0. The van der Waals surface area contributed by atoms with Gasteiger partial charge in [0.25, 0.3) is 0 Å². The summed E-state index contributed by atoms with van der Waals surface area (Å²) in [6.07, 6.45) is 4.55. The van der Waals surface area contributed by atoms with Gasteiger partial charge in [-0.25, -0.2) is 4.98 Å². The molecule has 0 fully saturated rings. The predicted molar refractivity (Wildman–Crippen MR) is 72.9 cm³/mol. The summed E-state index contributed by atoms with van der Waals surface area (Å²) in [4.78, 5) is 12.1. The predicted octanol–water partition coefficient (Wildman–Crippen LogP) is 2.26. The fraction of sp³-hybridized carbons (Fsp3) is 0.333. The quantitative estimate of drug-likeness (QED) is 0.881. The van der Waals surface area contributed by atoms with Crippen LogP contribution in [-0.2, 0) is 6.42 Å². The van der Waals surface area contributed by atoms with Crippen LogP contribution < -0.4 is 10.2 Å². The van der Waals surface area contributed by atoms with Crippen molar-refractivity contribution in [3.8, 4) is 0 Å². The van der Waals surface area contributed by atoms with Crippen molar-refractivity contribution < 1.29 is 0 Å². The van der Waals surface area contributed by atoms with Crippen molar-refractivity contribution >= 4 is 23.0 Å². The van der Waals surface area contributed by atoms with Crippen molar-refractivity contribution in [2.45, 2.75) is 6.42 Å². The van der Waals surface area contributed by atoms with Crippen molar-refractivity contribution in [1.82, 2.24) is 9.97 Å². The van der Waals surface area contributed by atoms with Gasteiger partial charge in [-0.3, -0.25) is 4.98 Å². The first-order valence-corrected chi connectivity index (χ1v) is 6.41. The smallest absolute Gasteiger partial charge is 0.149 e. The second-order valence-electron chi connectivity index (χ2n) is 3.76. The molecule has 5 heteroatoms. The molecule has 0 aromatic carbocycles. The summed E-state index contributed by atoms with van der Waals surface area (Å²) in [5.41, 5.74) is 0. The summed E-state index contributed by atoms with van der Waals surface area (Å²) >= 11 is 1.79. The first-order chi connectivity index (χ1) is 8.29. The number of hydrogen-bond acceptors (Lipinski definition) is 5. The van der Waals surface area contributed by atoms with Crippen molar-refractivity contribution in [2.75, 3.05) is 30.9 Å². The number of nitrogens with one attached hydrogen (secondary N) is 1. The third-order valence-corrected chi connectivity index (χ3v) is 3.48. The van der Waals surface area contributed by atoms with Crippen LogP contribution in [-0.4, -0.2) is 30.6 Å². The molecule has 1 N–H and O–H groups in total. The van der Waals surface area contributed by atoms with Gasteiger partial charge in [-0.1, -0.05) is 6.07 Å². The average Bonchev–Trinajstić information content (AvgIpc) is 2.89. The van der Waals surface area contributed by atoms with Gasteiger partial charge in [-0.2, -0.15) is 0 Å². The number of likely N-dealkylation sites (N-methyl/N-ethyl adjacent to an activating group) is 1. The molecule has 2 aromatic rings. The van der Waals surface area contributed by atoms with Crippen LogP contribution in [0.25, 0.3) is 0 Å². The van der Waals surface area contributed by atoms with Crippen molar-refractivity contribution in [3.63, 3.8) is 0 Å². The van der Waals surface area contributed by atoms with E-state index in [9.17, 15) is 0 Å². The molecule has 0 spiro atoms. The Bertz CT molecular complexity index is 455. The largest absolute Gasteiger partial charge is 0.372 e. The molecule has 0 saturated heterocycles. The van der Waals surface area contributed by atoms with Crippen molar-refractivity contribution in [2.24, 2.45) is 0 Å². The number of thiophene rings is 1. The van der Waals surface area contributed by atoms with E-state index in [0.717, 1.165) is 24.6 Å². The third kappa shape index (κ3) is 3.17.